The van der Waals surface area contributed by atoms with Crippen LogP contribution >= 0.6 is 0 Å². The summed E-state index contributed by atoms with van der Waals surface area (Å²) in [5.74, 6) is -2.92. The highest BCUT2D eigenvalue weighted by Crippen LogP contribution is 2.15. The molecule has 218 valence electrons. The van der Waals surface area contributed by atoms with E-state index in [1.54, 1.807) is 29.2 Å². The van der Waals surface area contributed by atoms with Crippen molar-refractivity contribution in [2.75, 3.05) is 64.2 Å². The van der Waals surface area contributed by atoms with Gasteiger partial charge in [0.15, 0.2) is 0 Å². The Morgan fingerprint density at radius 3 is 2.26 bits per heavy atom. The topological polar surface area (TPSA) is 122 Å². The van der Waals surface area contributed by atoms with E-state index < -0.39 is 12.1 Å². The van der Waals surface area contributed by atoms with Gasteiger partial charge in [-0.05, 0) is 57.1 Å². The molecule has 13 heteroatoms. The molecule has 0 spiro atoms. The fourth-order valence-electron chi connectivity index (χ4n) is 4.40. The summed E-state index contributed by atoms with van der Waals surface area (Å²) in [5.41, 5.74) is 1.14. The third-order valence-electron chi connectivity index (χ3n) is 6.38. The number of carboxylic acids is 1. The van der Waals surface area contributed by atoms with Gasteiger partial charge >= 0.3 is 12.1 Å². The molecular weight excluding hydrogens is 519 g/mol. The van der Waals surface area contributed by atoms with E-state index in [0.717, 1.165) is 52.2 Å². The van der Waals surface area contributed by atoms with Crippen molar-refractivity contribution in [2.24, 2.45) is 0 Å². The molecule has 2 aliphatic heterocycles. The molecule has 2 aliphatic rings. The van der Waals surface area contributed by atoms with Crippen LogP contribution in [0.25, 0.3) is 0 Å². The van der Waals surface area contributed by atoms with Gasteiger partial charge in [-0.1, -0.05) is 12.5 Å². The molecule has 0 radical (unpaired) electrons. The van der Waals surface area contributed by atoms with E-state index >= 15 is 0 Å². The summed E-state index contributed by atoms with van der Waals surface area (Å²) < 4.78 is 31.7. The van der Waals surface area contributed by atoms with Gasteiger partial charge in [-0.15, -0.1) is 0 Å². The average Bonchev–Trinajstić information content (AvgIpc) is 2.90. The van der Waals surface area contributed by atoms with Crippen LogP contribution in [0.15, 0.2) is 24.3 Å². The molecule has 2 saturated heterocycles. The molecule has 0 aromatic heterocycles. The second-order valence-corrected chi connectivity index (χ2v) is 9.49. The lowest BCUT2D eigenvalue weighted by molar-refractivity contribution is -0.192. The Kier molecular flexibility index (Phi) is 13.2. The van der Waals surface area contributed by atoms with Crippen LogP contribution in [0.3, 0.4) is 0 Å². The number of anilines is 1. The minimum absolute atomic E-state index is 0.0936. The van der Waals surface area contributed by atoms with Crippen molar-refractivity contribution in [1.82, 2.24) is 20.0 Å². The number of hydrogen-bond donors (Lipinski definition) is 3. The summed E-state index contributed by atoms with van der Waals surface area (Å²) in [6.45, 7) is 8.80. The van der Waals surface area contributed by atoms with Crippen molar-refractivity contribution in [3.8, 4) is 0 Å². The van der Waals surface area contributed by atoms with Gasteiger partial charge in [0.25, 0.3) is 5.91 Å². The van der Waals surface area contributed by atoms with Crippen molar-refractivity contribution in [2.45, 2.75) is 45.2 Å². The lowest BCUT2D eigenvalue weighted by Crippen LogP contribution is -2.47. The number of rotatable bonds is 9. The molecule has 3 N–H and O–H groups in total. The number of halogens is 3. The van der Waals surface area contributed by atoms with Crippen LogP contribution in [-0.4, -0.2) is 109 Å². The van der Waals surface area contributed by atoms with Crippen LogP contribution in [0.4, 0.5) is 18.9 Å². The van der Waals surface area contributed by atoms with Gasteiger partial charge in [0.1, 0.15) is 0 Å². The lowest BCUT2D eigenvalue weighted by Gasteiger charge is -2.30. The molecular formula is C26H38F3N5O5. The van der Waals surface area contributed by atoms with Gasteiger partial charge in [-0.25, -0.2) is 4.79 Å². The van der Waals surface area contributed by atoms with Gasteiger partial charge in [-0.2, -0.15) is 13.2 Å². The highest BCUT2D eigenvalue weighted by atomic mass is 19.4. The zero-order valence-electron chi connectivity index (χ0n) is 22.3. The third-order valence-corrected chi connectivity index (χ3v) is 6.38. The van der Waals surface area contributed by atoms with E-state index in [-0.39, 0.29) is 17.7 Å². The Balaban J connectivity index is 0.000000673. The molecule has 0 unspecified atom stereocenters. The van der Waals surface area contributed by atoms with Crippen molar-refractivity contribution in [1.29, 1.82) is 0 Å². The number of nitrogens with one attached hydrogen (secondary N) is 2. The predicted octanol–water partition coefficient (Wildman–Crippen LogP) is 2.42. The van der Waals surface area contributed by atoms with E-state index in [2.05, 4.69) is 15.5 Å². The minimum atomic E-state index is -5.08. The van der Waals surface area contributed by atoms with E-state index in [4.69, 9.17) is 9.90 Å². The maximum atomic E-state index is 13.3. The second kappa shape index (κ2) is 16.0. The first-order valence-corrected chi connectivity index (χ1v) is 13.1. The number of likely N-dealkylation sites (tertiary alicyclic amines) is 1. The number of carbonyl (C=O) groups is 4. The lowest BCUT2D eigenvalue weighted by atomic mass is 10.1. The standard InChI is InChI=1S/C24H37N5O3.C2HF3O2/c1-20(30)26-22-8-5-7-21(19-22)24(32)29(15-6-14-27-12-3-2-4-13-27)16-9-23(31)28-17-10-25-11-18-28;3-2(4,5)1(6)7/h5,7-8,19,25H,2-4,6,9-18H2,1H3,(H,26,30);(H,6,7). The number of piperidine rings is 1. The predicted molar refractivity (Wildman–Crippen MR) is 139 cm³/mol. The Hall–Kier alpha value is -3.19. The largest absolute Gasteiger partial charge is 0.490 e. The molecule has 1 aromatic carbocycles. The monoisotopic (exact) mass is 557 g/mol. The van der Waals surface area contributed by atoms with Gasteiger partial charge in [0, 0.05) is 63.9 Å². The van der Waals surface area contributed by atoms with E-state index in [9.17, 15) is 27.6 Å². The Morgan fingerprint density at radius 2 is 1.67 bits per heavy atom. The Morgan fingerprint density at radius 1 is 1.03 bits per heavy atom. The molecule has 39 heavy (non-hydrogen) atoms. The normalized spacial score (nSPS) is 16.1. The first-order valence-electron chi connectivity index (χ1n) is 13.1. The maximum absolute atomic E-state index is 13.3. The zero-order valence-corrected chi connectivity index (χ0v) is 22.3. The first kappa shape index (κ1) is 32.0. The SMILES string of the molecule is CC(=O)Nc1cccc(C(=O)N(CCCN2CCCCC2)CCC(=O)N2CCNCC2)c1.O=C(O)C(F)(F)F. The summed E-state index contributed by atoms with van der Waals surface area (Å²) in [7, 11) is 0. The Bertz CT molecular complexity index is 964. The summed E-state index contributed by atoms with van der Waals surface area (Å²) in [6, 6.07) is 7.02. The number of piperazine rings is 1. The maximum Gasteiger partial charge on any atom is 0.490 e. The molecule has 3 amide bonds. The molecule has 0 aliphatic carbocycles. The van der Waals surface area contributed by atoms with Crippen LogP contribution in [0, 0.1) is 0 Å². The number of hydrogen-bond acceptors (Lipinski definition) is 6. The first-order chi connectivity index (χ1) is 18.5. The van der Waals surface area contributed by atoms with Crippen LogP contribution in [0.2, 0.25) is 0 Å². The van der Waals surface area contributed by atoms with Gasteiger partial charge in [0.2, 0.25) is 11.8 Å². The summed E-state index contributed by atoms with van der Waals surface area (Å²) >= 11 is 0. The van der Waals surface area contributed by atoms with Crippen LogP contribution in [-0.2, 0) is 14.4 Å². The number of carboxylic acid groups (broad SMARTS) is 1. The highest BCUT2D eigenvalue weighted by Gasteiger charge is 2.38. The summed E-state index contributed by atoms with van der Waals surface area (Å²) in [5, 5.41) is 13.1. The molecule has 2 fully saturated rings. The molecule has 0 atom stereocenters. The molecule has 0 saturated carbocycles. The molecule has 1 aromatic rings. The van der Waals surface area contributed by atoms with Gasteiger partial charge < -0.3 is 30.4 Å². The third kappa shape index (κ3) is 12.0. The van der Waals surface area contributed by atoms with Crippen molar-refractivity contribution >= 4 is 29.4 Å². The van der Waals surface area contributed by atoms with Gasteiger partial charge in [0.05, 0.1) is 0 Å². The van der Waals surface area contributed by atoms with E-state index in [1.165, 1.54) is 26.2 Å². The van der Waals surface area contributed by atoms with E-state index in [0.29, 0.717) is 30.8 Å². The van der Waals surface area contributed by atoms with Crippen LogP contribution < -0.4 is 10.6 Å². The quantitative estimate of drug-likeness (QED) is 0.426. The molecule has 2 heterocycles. The highest BCUT2D eigenvalue weighted by molar-refractivity contribution is 5.97. The Labute approximate surface area is 226 Å². The second-order valence-electron chi connectivity index (χ2n) is 9.49. The zero-order chi connectivity index (χ0) is 28.8. The number of benzene rings is 1. The fourth-order valence-corrected chi connectivity index (χ4v) is 4.40. The molecule has 3 rings (SSSR count). The number of amides is 3. The molecule has 10 nitrogen and oxygen atoms in total. The van der Waals surface area contributed by atoms with Crippen LogP contribution in [0.5, 0.6) is 0 Å². The van der Waals surface area contributed by atoms with Crippen molar-refractivity contribution < 1.29 is 37.5 Å². The number of aliphatic carboxylic acids is 1. The smallest absolute Gasteiger partial charge is 0.475 e. The number of alkyl halides is 3. The van der Waals surface area contributed by atoms with Crippen LogP contribution in [0.1, 0.15) is 49.4 Å². The summed E-state index contributed by atoms with van der Waals surface area (Å²) in [6.07, 6.45) is -0.0603. The van der Waals surface area contributed by atoms with Crippen molar-refractivity contribution in [3.63, 3.8) is 0 Å². The number of carbonyl (C=O) groups excluding carboxylic acids is 3. The fraction of sp³-hybridized carbons (Fsp3) is 0.615. The average molecular weight is 558 g/mol. The van der Waals surface area contributed by atoms with Crippen molar-refractivity contribution in [3.05, 3.63) is 29.8 Å². The molecule has 0 bridgehead atoms. The summed E-state index contributed by atoms with van der Waals surface area (Å²) in [4.78, 5) is 52.4. The minimum Gasteiger partial charge on any atom is -0.475 e. The van der Waals surface area contributed by atoms with E-state index in [1.807, 2.05) is 4.90 Å². The van der Waals surface area contributed by atoms with Gasteiger partial charge in [-0.3, -0.25) is 14.4 Å². The number of nitrogens with zero attached hydrogens (tertiary/aromatic N) is 3.